The lowest BCUT2D eigenvalue weighted by Gasteiger charge is -2.18. The molecule has 0 fully saturated rings. The van der Waals surface area contributed by atoms with Gasteiger partial charge in [-0.1, -0.05) is 42.5 Å². The average Bonchev–Trinajstić information content (AvgIpc) is 2.61. The van der Waals surface area contributed by atoms with Crippen molar-refractivity contribution in [3.63, 3.8) is 0 Å². The molecule has 24 heavy (non-hydrogen) atoms. The van der Waals surface area contributed by atoms with Crippen molar-refractivity contribution in [1.29, 1.82) is 0 Å². The summed E-state index contributed by atoms with van der Waals surface area (Å²) >= 11 is 0. The highest BCUT2D eigenvalue weighted by Crippen LogP contribution is 2.21. The molecular formula is C19H21NO4. The molecule has 5 nitrogen and oxygen atoms in total. The summed E-state index contributed by atoms with van der Waals surface area (Å²) in [6, 6.07) is 15.5. The molecule has 126 valence electrons. The summed E-state index contributed by atoms with van der Waals surface area (Å²) in [5.41, 5.74) is 1.63. The van der Waals surface area contributed by atoms with Crippen molar-refractivity contribution < 1.29 is 19.4 Å². The topological polar surface area (TPSA) is 75.6 Å². The van der Waals surface area contributed by atoms with Crippen molar-refractivity contribution in [2.24, 2.45) is 0 Å². The van der Waals surface area contributed by atoms with Gasteiger partial charge in [0.1, 0.15) is 11.8 Å². The fraction of sp³-hybridized carbons (Fsp3) is 0.263. The van der Waals surface area contributed by atoms with Crippen LogP contribution in [0.2, 0.25) is 0 Å². The molecule has 0 aromatic heterocycles. The average molecular weight is 327 g/mol. The van der Waals surface area contributed by atoms with Gasteiger partial charge < -0.3 is 15.2 Å². The van der Waals surface area contributed by atoms with E-state index < -0.39 is 17.9 Å². The maximum Gasteiger partial charge on any atom is 0.326 e. The molecule has 2 atom stereocenters. The maximum atomic E-state index is 12.4. The van der Waals surface area contributed by atoms with Gasteiger partial charge in [0.25, 0.3) is 0 Å². The lowest BCUT2D eigenvalue weighted by molar-refractivity contribution is -0.141. The van der Waals surface area contributed by atoms with Gasteiger partial charge in [-0.2, -0.15) is 0 Å². The van der Waals surface area contributed by atoms with E-state index in [4.69, 9.17) is 4.74 Å². The van der Waals surface area contributed by atoms with E-state index in [1.807, 2.05) is 36.4 Å². The molecule has 0 bridgehead atoms. The molecule has 1 unspecified atom stereocenters. The molecule has 2 aromatic carbocycles. The number of carboxylic acid groups (broad SMARTS) is 1. The maximum absolute atomic E-state index is 12.4. The van der Waals surface area contributed by atoms with Gasteiger partial charge >= 0.3 is 5.97 Å². The Morgan fingerprint density at radius 2 is 1.83 bits per heavy atom. The van der Waals surface area contributed by atoms with Gasteiger partial charge in [0.05, 0.1) is 13.0 Å². The predicted octanol–water partition coefficient (Wildman–Crippen LogP) is 2.61. The lowest BCUT2D eigenvalue weighted by atomic mass is 9.99. The number of hydrogen-bond acceptors (Lipinski definition) is 3. The molecule has 0 aliphatic carbocycles. The Kier molecular flexibility index (Phi) is 5.95. The molecule has 0 saturated heterocycles. The van der Waals surface area contributed by atoms with Gasteiger partial charge in [-0.05, 0) is 30.2 Å². The van der Waals surface area contributed by atoms with Crippen LogP contribution in [0.3, 0.4) is 0 Å². The van der Waals surface area contributed by atoms with Crippen molar-refractivity contribution in [3.05, 3.63) is 65.7 Å². The van der Waals surface area contributed by atoms with Crippen LogP contribution in [0.5, 0.6) is 5.75 Å². The number of carbonyl (C=O) groups excluding carboxylic acids is 1. The Hall–Kier alpha value is -2.82. The van der Waals surface area contributed by atoms with E-state index in [1.165, 1.54) is 0 Å². The summed E-state index contributed by atoms with van der Waals surface area (Å²) in [4.78, 5) is 23.9. The number of hydrogen-bond donors (Lipinski definition) is 2. The summed E-state index contributed by atoms with van der Waals surface area (Å²) < 4.78 is 5.16. The summed E-state index contributed by atoms with van der Waals surface area (Å²) in [6.07, 6.45) is 0.243. The minimum absolute atomic E-state index is 0.243. The molecule has 0 heterocycles. The van der Waals surface area contributed by atoms with Crippen LogP contribution in [0.4, 0.5) is 0 Å². The quantitative estimate of drug-likeness (QED) is 0.820. The fourth-order valence-electron chi connectivity index (χ4n) is 2.41. The fourth-order valence-corrected chi connectivity index (χ4v) is 2.41. The smallest absolute Gasteiger partial charge is 0.326 e. The van der Waals surface area contributed by atoms with Crippen molar-refractivity contribution in [2.45, 2.75) is 25.3 Å². The molecule has 0 radical (unpaired) electrons. The lowest BCUT2D eigenvalue weighted by Crippen LogP contribution is -2.44. The highest BCUT2D eigenvalue weighted by atomic mass is 16.5. The van der Waals surface area contributed by atoms with Crippen LogP contribution < -0.4 is 10.1 Å². The van der Waals surface area contributed by atoms with Crippen LogP contribution in [-0.2, 0) is 16.0 Å². The standard InChI is InChI=1S/C19H21NO4/c1-13(15-9-6-10-16(12-15)24-2)18(21)20-17(19(22)23)11-14-7-4-3-5-8-14/h3-10,12-13,17H,11H2,1-2H3,(H,20,21)(H,22,23)/t13?,17-/m0/s1. The van der Waals surface area contributed by atoms with E-state index in [0.717, 1.165) is 11.1 Å². The van der Waals surface area contributed by atoms with Crippen LogP contribution >= 0.6 is 0 Å². The number of ether oxygens (including phenoxy) is 1. The molecule has 2 aromatic rings. The Morgan fingerprint density at radius 1 is 1.12 bits per heavy atom. The summed E-state index contributed by atoms with van der Waals surface area (Å²) in [5.74, 6) is -1.19. The Balaban J connectivity index is 2.08. The normalized spacial score (nSPS) is 12.9. The Bertz CT molecular complexity index is 700. The minimum Gasteiger partial charge on any atom is -0.497 e. The highest BCUT2D eigenvalue weighted by Gasteiger charge is 2.24. The second-order valence-electron chi connectivity index (χ2n) is 5.59. The third-order valence-electron chi connectivity index (χ3n) is 3.88. The zero-order valence-corrected chi connectivity index (χ0v) is 13.7. The number of amides is 1. The first kappa shape index (κ1) is 17.5. The molecule has 1 amide bonds. The van der Waals surface area contributed by atoms with Crippen LogP contribution in [0.25, 0.3) is 0 Å². The molecule has 0 aliphatic heterocycles. The number of carbonyl (C=O) groups is 2. The molecule has 0 aliphatic rings. The van der Waals surface area contributed by atoms with E-state index in [-0.39, 0.29) is 12.3 Å². The number of benzene rings is 2. The molecule has 2 N–H and O–H groups in total. The minimum atomic E-state index is -1.05. The summed E-state index contributed by atoms with van der Waals surface area (Å²) in [6.45, 7) is 1.74. The van der Waals surface area contributed by atoms with E-state index in [1.54, 1.807) is 32.2 Å². The number of carboxylic acids is 1. The van der Waals surface area contributed by atoms with E-state index in [9.17, 15) is 14.7 Å². The summed E-state index contributed by atoms with van der Waals surface area (Å²) in [5, 5.41) is 12.0. The van der Waals surface area contributed by atoms with Gasteiger partial charge in [-0.25, -0.2) is 4.79 Å². The van der Waals surface area contributed by atoms with Crippen molar-refractivity contribution in [1.82, 2.24) is 5.32 Å². The van der Waals surface area contributed by atoms with Gasteiger partial charge in [0.15, 0.2) is 0 Å². The SMILES string of the molecule is COc1cccc(C(C)C(=O)N[C@@H](Cc2ccccc2)C(=O)O)c1. The number of rotatable bonds is 7. The number of methoxy groups -OCH3 is 1. The van der Waals surface area contributed by atoms with Crippen molar-refractivity contribution >= 4 is 11.9 Å². The van der Waals surface area contributed by atoms with E-state index in [2.05, 4.69) is 5.32 Å². The van der Waals surface area contributed by atoms with Gasteiger partial charge in [-0.3, -0.25) is 4.79 Å². The Labute approximate surface area is 141 Å². The zero-order chi connectivity index (χ0) is 17.5. The number of aliphatic carboxylic acids is 1. The molecular weight excluding hydrogens is 306 g/mol. The van der Waals surface area contributed by atoms with E-state index in [0.29, 0.717) is 5.75 Å². The van der Waals surface area contributed by atoms with Crippen LogP contribution in [-0.4, -0.2) is 30.1 Å². The van der Waals surface area contributed by atoms with Crippen molar-refractivity contribution in [2.75, 3.05) is 7.11 Å². The van der Waals surface area contributed by atoms with E-state index >= 15 is 0 Å². The summed E-state index contributed by atoms with van der Waals surface area (Å²) in [7, 11) is 1.56. The predicted molar refractivity (Wildman–Crippen MR) is 91.1 cm³/mol. The molecule has 2 rings (SSSR count). The first-order valence-corrected chi connectivity index (χ1v) is 7.72. The third-order valence-corrected chi connectivity index (χ3v) is 3.88. The van der Waals surface area contributed by atoms with Crippen molar-refractivity contribution in [3.8, 4) is 5.75 Å². The first-order valence-electron chi connectivity index (χ1n) is 7.72. The van der Waals surface area contributed by atoms with Crippen LogP contribution in [0.15, 0.2) is 54.6 Å². The van der Waals surface area contributed by atoms with Gasteiger partial charge in [-0.15, -0.1) is 0 Å². The second kappa shape index (κ2) is 8.15. The molecule has 0 saturated carbocycles. The Morgan fingerprint density at radius 3 is 2.46 bits per heavy atom. The monoisotopic (exact) mass is 327 g/mol. The first-order chi connectivity index (χ1) is 11.5. The highest BCUT2D eigenvalue weighted by molar-refractivity contribution is 5.88. The van der Waals surface area contributed by atoms with Crippen LogP contribution in [0.1, 0.15) is 24.0 Å². The second-order valence-corrected chi connectivity index (χ2v) is 5.59. The van der Waals surface area contributed by atoms with Gasteiger partial charge in [0.2, 0.25) is 5.91 Å². The zero-order valence-electron chi connectivity index (χ0n) is 13.7. The molecule has 0 spiro atoms. The molecule has 5 heteroatoms. The largest absolute Gasteiger partial charge is 0.497 e. The number of nitrogens with one attached hydrogen (secondary N) is 1. The third kappa shape index (κ3) is 4.59. The van der Waals surface area contributed by atoms with Crippen LogP contribution in [0, 0.1) is 0 Å². The van der Waals surface area contributed by atoms with Gasteiger partial charge in [0, 0.05) is 6.42 Å².